The van der Waals surface area contributed by atoms with Crippen LogP contribution in [0.25, 0.3) is 5.76 Å². The first-order valence-electron chi connectivity index (χ1n) is 10.5. The van der Waals surface area contributed by atoms with Crippen LogP contribution in [0.15, 0.2) is 72.3 Å². The maximum Gasteiger partial charge on any atom is 0.300 e. The smallest absolute Gasteiger partial charge is 0.300 e. The predicted molar refractivity (Wildman–Crippen MR) is 132 cm³/mol. The van der Waals surface area contributed by atoms with Crippen molar-refractivity contribution in [2.75, 3.05) is 4.90 Å². The zero-order chi connectivity index (χ0) is 24.6. The number of phenols is 1. The summed E-state index contributed by atoms with van der Waals surface area (Å²) >= 11 is 12.2. The number of halogens is 2. The maximum atomic E-state index is 13.2. The topological polar surface area (TPSA) is 87.1 Å². The van der Waals surface area contributed by atoms with Crippen LogP contribution in [0.2, 0.25) is 10.0 Å². The minimum absolute atomic E-state index is 0.0220. The molecule has 34 heavy (non-hydrogen) atoms. The lowest BCUT2D eigenvalue weighted by Crippen LogP contribution is -2.29. The molecule has 174 valence electrons. The van der Waals surface area contributed by atoms with E-state index in [1.807, 2.05) is 13.8 Å². The summed E-state index contributed by atoms with van der Waals surface area (Å²) in [6, 6.07) is 16.3. The normalized spacial score (nSPS) is 17.4. The van der Waals surface area contributed by atoms with E-state index in [4.69, 9.17) is 27.9 Å². The molecule has 1 amide bonds. The van der Waals surface area contributed by atoms with E-state index >= 15 is 0 Å². The van der Waals surface area contributed by atoms with Gasteiger partial charge in [0.2, 0.25) is 0 Å². The second kappa shape index (κ2) is 9.41. The van der Waals surface area contributed by atoms with Gasteiger partial charge < -0.3 is 14.9 Å². The van der Waals surface area contributed by atoms with Gasteiger partial charge in [-0.2, -0.15) is 0 Å². The minimum Gasteiger partial charge on any atom is -0.508 e. The number of aliphatic hydroxyl groups is 1. The van der Waals surface area contributed by atoms with Gasteiger partial charge >= 0.3 is 0 Å². The van der Waals surface area contributed by atoms with Crippen LogP contribution in [-0.2, 0) is 9.59 Å². The molecule has 1 heterocycles. The van der Waals surface area contributed by atoms with Crippen LogP contribution in [0, 0.1) is 0 Å². The number of carbonyl (C=O) groups excluding carboxylic acids is 2. The van der Waals surface area contributed by atoms with Crippen LogP contribution in [-0.4, -0.2) is 28.0 Å². The van der Waals surface area contributed by atoms with Crippen molar-refractivity contribution in [2.24, 2.45) is 0 Å². The number of Topliss-reactive ketones (excluding diaryl/α,β-unsaturated/α-hetero) is 1. The second-order valence-corrected chi connectivity index (χ2v) is 8.87. The van der Waals surface area contributed by atoms with Crippen LogP contribution in [0.4, 0.5) is 5.69 Å². The molecule has 1 aliphatic rings. The third-order valence-corrected chi connectivity index (χ3v) is 6.05. The van der Waals surface area contributed by atoms with Crippen LogP contribution in [0.5, 0.6) is 11.5 Å². The molecule has 0 spiro atoms. The Hall–Kier alpha value is -3.48. The fourth-order valence-corrected chi connectivity index (χ4v) is 4.14. The highest BCUT2D eigenvalue weighted by Crippen LogP contribution is 2.43. The molecule has 1 aliphatic heterocycles. The van der Waals surface area contributed by atoms with Crippen molar-refractivity contribution in [1.82, 2.24) is 0 Å². The first-order chi connectivity index (χ1) is 16.2. The monoisotopic (exact) mass is 497 g/mol. The first kappa shape index (κ1) is 23.7. The van der Waals surface area contributed by atoms with E-state index in [1.165, 1.54) is 29.2 Å². The molecule has 1 atom stereocenters. The molecule has 0 bridgehead atoms. The fourth-order valence-electron chi connectivity index (χ4n) is 3.85. The standard InChI is InChI=1S/C26H21Cl2NO5/c1-14(2)34-19-5-3-4-16(12-19)24(31)22-23(15-6-9-18(30)10-7-15)29(26(33)25(22)32)17-8-11-20(27)21(28)13-17/h3-14,23,30-31H,1-2H3/b24-22+. The highest BCUT2D eigenvalue weighted by atomic mass is 35.5. The zero-order valence-corrected chi connectivity index (χ0v) is 19.8. The van der Waals surface area contributed by atoms with Crippen molar-refractivity contribution < 1.29 is 24.5 Å². The van der Waals surface area contributed by atoms with E-state index in [0.717, 1.165) is 0 Å². The number of hydrogen-bond donors (Lipinski definition) is 2. The molecule has 4 rings (SSSR count). The highest BCUT2D eigenvalue weighted by molar-refractivity contribution is 6.52. The number of amides is 1. The molecule has 0 aliphatic carbocycles. The Morgan fingerprint density at radius 3 is 2.32 bits per heavy atom. The lowest BCUT2D eigenvalue weighted by molar-refractivity contribution is -0.132. The van der Waals surface area contributed by atoms with Gasteiger partial charge in [0, 0.05) is 11.3 Å². The molecule has 3 aromatic rings. The van der Waals surface area contributed by atoms with Gasteiger partial charge in [0.05, 0.1) is 27.8 Å². The van der Waals surface area contributed by atoms with Crippen molar-refractivity contribution in [3.05, 3.63) is 93.5 Å². The van der Waals surface area contributed by atoms with E-state index in [-0.39, 0.29) is 28.2 Å². The van der Waals surface area contributed by atoms with Gasteiger partial charge in [-0.3, -0.25) is 14.5 Å². The van der Waals surface area contributed by atoms with E-state index in [0.29, 0.717) is 27.6 Å². The second-order valence-electron chi connectivity index (χ2n) is 8.05. The maximum absolute atomic E-state index is 13.2. The Kier molecular flexibility index (Phi) is 6.55. The molecule has 0 saturated carbocycles. The van der Waals surface area contributed by atoms with E-state index in [9.17, 15) is 19.8 Å². The number of ketones is 1. The molecule has 1 fully saturated rings. The van der Waals surface area contributed by atoms with Crippen molar-refractivity contribution >= 4 is 46.3 Å². The SMILES string of the molecule is CC(C)Oc1cccc(/C(O)=C2\C(=O)C(=O)N(c3ccc(Cl)c(Cl)c3)C2c2ccc(O)cc2)c1. The number of ether oxygens (including phenoxy) is 1. The fraction of sp³-hybridized carbons (Fsp3) is 0.154. The summed E-state index contributed by atoms with van der Waals surface area (Å²) in [6.45, 7) is 3.75. The van der Waals surface area contributed by atoms with Gasteiger partial charge in [-0.1, -0.05) is 47.5 Å². The molecule has 0 radical (unpaired) electrons. The van der Waals surface area contributed by atoms with Crippen molar-refractivity contribution in [3.8, 4) is 11.5 Å². The van der Waals surface area contributed by atoms with Gasteiger partial charge in [-0.15, -0.1) is 0 Å². The third-order valence-electron chi connectivity index (χ3n) is 5.31. The first-order valence-corrected chi connectivity index (χ1v) is 11.2. The van der Waals surface area contributed by atoms with Crippen LogP contribution in [0.1, 0.15) is 31.0 Å². The van der Waals surface area contributed by atoms with Crippen LogP contribution < -0.4 is 9.64 Å². The largest absolute Gasteiger partial charge is 0.508 e. The van der Waals surface area contributed by atoms with Gasteiger partial charge in [-0.25, -0.2) is 0 Å². The van der Waals surface area contributed by atoms with E-state index < -0.39 is 17.7 Å². The summed E-state index contributed by atoms with van der Waals surface area (Å²) in [5.41, 5.74) is 1.09. The van der Waals surface area contributed by atoms with Crippen molar-refractivity contribution in [3.63, 3.8) is 0 Å². The van der Waals surface area contributed by atoms with Gasteiger partial charge in [-0.05, 0) is 61.9 Å². The summed E-state index contributed by atoms with van der Waals surface area (Å²) in [7, 11) is 0. The highest BCUT2D eigenvalue weighted by Gasteiger charge is 2.47. The van der Waals surface area contributed by atoms with Gasteiger partial charge in [0.1, 0.15) is 17.3 Å². The Morgan fingerprint density at radius 2 is 1.68 bits per heavy atom. The van der Waals surface area contributed by atoms with Crippen molar-refractivity contribution in [1.29, 1.82) is 0 Å². The number of carbonyl (C=O) groups is 2. The average Bonchev–Trinajstić information content (AvgIpc) is 3.06. The molecular formula is C26H21Cl2NO5. The number of aliphatic hydroxyl groups excluding tert-OH is 1. The van der Waals surface area contributed by atoms with Gasteiger partial charge in [0.25, 0.3) is 11.7 Å². The number of nitrogens with zero attached hydrogens (tertiary/aromatic N) is 1. The Morgan fingerprint density at radius 1 is 0.971 bits per heavy atom. The zero-order valence-electron chi connectivity index (χ0n) is 18.3. The third kappa shape index (κ3) is 4.47. The Bertz CT molecular complexity index is 1300. The van der Waals surface area contributed by atoms with Crippen molar-refractivity contribution in [2.45, 2.75) is 26.0 Å². The minimum atomic E-state index is -0.965. The molecule has 0 aromatic heterocycles. The number of anilines is 1. The molecular weight excluding hydrogens is 477 g/mol. The molecule has 1 saturated heterocycles. The summed E-state index contributed by atoms with van der Waals surface area (Å²) < 4.78 is 5.70. The molecule has 6 nitrogen and oxygen atoms in total. The lowest BCUT2D eigenvalue weighted by Gasteiger charge is -2.25. The summed E-state index contributed by atoms with van der Waals surface area (Å²) in [5.74, 6) is -1.48. The summed E-state index contributed by atoms with van der Waals surface area (Å²) in [5, 5.41) is 21.5. The molecule has 2 N–H and O–H groups in total. The average molecular weight is 498 g/mol. The number of benzene rings is 3. The van der Waals surface area contributed by atoms with E-state index in [2.05, 4.69) is 0 Å². The Balaban J connectivity index is 1.91. The van der Waals surface area contributed by atoms with E-state index in [1.54, 1.807) is 42.5 Å². The Labute approximate surface area is 206 Å². The number of phenolic OH excluding ortho intramolecular Hbond substituents is 1. The molecule has 1 unspecified atom stereocenters. The number of aromatic hydroxyl groups is 1. The van der Waals surface area contributed by atoms with Gasteiger partial charge in [0.15, 0.2) is 0 Å². The molecule has 8 heteroatoms. The van der Waals surface area contributed by atoms with Crippen LogP contribution >= 0.6 is 23.2 Å². The summed E-state index contributed by atoms with van der Waals surface area (Å²) in [6.07, 6.45) is -0.0883. The lowest BCUT2D eigenvalue weighted by atomic mass is 9.95. The van der Waals surface area contributed by atoms with Crippen LogP contribution in [0.3, 0.4) is 0 Å². The quantitative estimate of drug-likeness (QED) is 0.252. The predicted octanol–water partition coefficient (Wildman–Crippen LogP) is 6.11. The molecule has 3 aromatic carbocycles. The summed E-state index contributed by atoms with van der Waals surface area (Å²) in [4.78, 5) is 27.7. The number of rotatable bonds is 5. The number of hydrogen-bond acceptors (Lipinski definition) is 5.